The Morgan fingerprint density at radius 1 is 0.545 bits per heavy atom. The van der Waals surface area contributed by atoms with Crippen LogP contribution in [-0.2, 0) is 5.41 Å². The second kappa shape index (κ2) is 14.6. The number of allylic oxidation sites excluding steroid dienone is 3. The van der Waals surface area contributed by atoms with Gasteiger partial charge in [-0.1, -0.05) is 179 Å². The number of fused-ring (bicyclic) bond motifs is 3. The van der Waals surface area contributed by atoms with E-state index in [0.29, 0.717) is 0 Å². The highest BCUT2D eigenvalue weighted by atomic mass is 15.1. The molecule has 0 aliphatic heterocycles. The molecule has 0 atom stereocenters. The number of hydrogen-bond donors (Lipinski definition) is 0. The lowest BCUT2D eigenvalue weighted by Crippen LogP contribution is -2.56. The lowest BCUT2D eigenvalue weighted by Gasteiger charge is -2.27. The molecule has 0 spiro atoms. The molecule has 0 N–H and O–H groups in total. The molecular formula is C53H52BN. The van der Waals surface area contributed by atoms with Crippen molar-refractivity contribution in [2.45, 2.75) is 73.6 Å². The molecule has 6 aromatic carbocycles. The first kappa shape index (κ1) is 36.4. The topological polar surface area (TPSA) is 3.24 Å². The van der Waals surface area contributed by atoms with Crippen LogP contribution in [-0.4, -0.2) is 6.71 Å². The Bertz CT molecular complexity index is 2410. The zero-order valence-electron chi connectivity index (χ0n) is 33.8. The van der Waals surface area contributed by atoms with Crippen molar-refractivity contribution in [2.24, 2.45) is 0 Å². The molecule has 0 saturated carbocycles. The van der Waals surface area contributed by atoms with Gasteiger partial charge in [0, 0.05) is 22.5 Å². The van der Waals surface area contributed by atoms with Gasteiger partial charge < -0.3 is 4.90 Å². The van der Waals surface area contributed by atoms with E-state index in [9.17, 15) is 0 Å². The minimum Gasteiger partial charge on any atom is -0.311 e. The van der Waals surface area contributed by atoms with Crippen molar-refractivity contribution in [1.82, 2.24) is 0 Å². The van der Waals surface area contributed by atoms with Crippen LogP contribution in [0.25, 0.3) is 23.3 Å². The molecule has 55 heavy (non-hydrogen) atoms. The highest BCUT2D eigenvalue weighted by molar-refractivity contribution is 6.96. The zero-order valence-corrected chi connectivity index (χ0v) is 33.8. The zero-order chi connectivity index (χ0) is 38.4. The fourth-order valence-electron chi connectivity index (χ4n) is 9.54. The number of nitrogens with zero attached hydrogens (tertiary/aromatic N) is 1. The predicted octanol–water partition coefficient (Wildman–Crippen LogP) is 11.9. The molecule has 0 saturated heterocycles. The number of anilines is 2. The maximum atomic E-state index is 2.53. The largest absolute Gasteiger partial charge is 0.311 e. The van der Waals surface area contributed by atoms with Crippen molar-refractivity contribution in [1.29, 1.82) is 0 Å². The maximum Gasteiger partial charge on any atom is 0.242 e. The van der Waals surface area contributed by atoms with Gasteiger partial charge in [0.15, 0.2) is 0 Å². The quantitative estimate of drug-likeness (QED) is 0.112. The molecule has 0 heterocycles. The van der Waals surface area contributed by atoms with Crippen LogP contribution in [0.4, 0.5) is 11.4 Å². The van der Waals surface area contributed by atoms with E-state index in [1.165, 1.54) is 100 Å². The first-order chi connectivity index (χ1) is 26.5. The van der Waals surface area contributed by atoms with Crippen molar-refractivity contribution in [3.8, 4) is 11.1 Å². The van der Waals surface area contributed by atoms with Crippen LogP contribution in [0.3, 0.4) is 0 Å². The standard InChI is InChI=1S/C53H52BN/c1-35-29-37(3)51(38(4)30-35)54(52-39(5)31-36(2)32-40(52)6)43-24-28-48-47-27-23-42(33-49(47)53(7,8)50(48)34-43)20-19-41-21-25-46(26-22-41)55(44-15-11-9-12-16-44)45-17-13-10-14-18-45/h9,11-13,15-34H,10,14H2,1-8H3. The molecule has 2 aliphatic rings. The van der Waals surface area contributed by atoms with Crippen LogP contribution in [0.2, 0.25) is 0 Å². The molecule has 0 fully saturated rings. The molecule has 0 aromatic heterocycles. The number of hydrogen-bond acceptors (Lipinski definition) is 1. The summed E-state index contributed by atoms with van der Waals surface area (Å²) < 4.78 is 0. The van der Waals surface area contributed by atoms with E-state index >= 15 is 0 Å². The van der Waals surface area contributed by atoms with Crippen LogP contribution >= 0.6 is 0 Å². The summed E-state index contributed by atoms with van der Waals surface area (Å²) in [5.74, 6) is 0. The number of aryl methyl sites for hydroxylation is 6. The van der Waals surface area contributed by atoms with Gasteiger partial charge in [-0.15, -0.1) is 0 Å². The highest BCUT2D eigenvalue weighted by Gasteiger charge is 2.37. The maximum absolute atomic E-state index is 2.53. The number of benzene rings is 6. The van der Waals surface area contributed by atoms with E-state index in [2.05, 4.69) is 206 Å². The Balaban J connectivity index is 1.11. The van der Waals surface area contributed by atoms with E-state index in [0.717, 1.165) is 12.8 Å². The van der Waals surface area contributed by atoms with Crippen LogP contribution in [0.15, 0.2) is 139 Å². The first-order valence-electron chi connectivity index (χ1n) is 19.9. The molecule has 272 valence electrons. The molecular weight excluding hydrogens is 661 g/mol. The van der Waals surface area contributed by atoms with Crippen LogP contribution in [0, 0.1) is 41.5 Å². The van der Waals surface area contributed by atoms with Gasteiger partial charge in [0.2, 0.25) is 6.71 Å². The van der Waals surface area contributed by atoms with E-state index in [-0.39, 0.29) is 12.1 Å². The number of rotatable bonds is 8. The normalized spacial score (nSPS) is 14.1. The Morgan fingerprint density at radius 3 is 1.65 bits per heavy atom. The van der Waals surface area contributed by atoms with Gasteiger partial charge in [-0.05, 0) is 118 Å². The van der Waals surface area contributed by atoms with Crippen molar-refractivity contribution >= 4 is 46.6 Å². The molecule has 8 rings (SSSR count). The molecule has 0 bridgehead atoms. The van der Waals surface area contributed by atoms with Crippen molar-refractivity contribution in [3.63, 3.8) is 0 Å². The van der Waals surface area contributed by atoms with E-state index < -0.39 is 0 Å². The molecule has 0 radical (unpaired) electrons. The third-order valence-electron chi connectivity index (χ3n) is 12.0. The smallest absolute Gasteiger partial charge is 0.242 e. The second-order valence-electron chi connectivity index (χ2n) is 16.5. The fourth-order valence-corrected chi connectivity index (χ4v) is 9.54. The van der Waals surface area contributed by atoms with Crippen molar-refractivity contribution in [3.05, 3.63) is 195 Å². The SMILES string of the molecule is Cc1cc(C)c(B(c2ccc3c(c2)C(C)(C)c2cc(C=Cc4ccc(N(C5=CCCC=C5)c5ccccc5)cc4)ccc2-3)c2c(C)cc(C)cc2C)c(C)c1. The average Bonchev–Trinajstić information content (AvgIpc) is 3.39. The van der Waals surface area contributed by atoms with Crippen LogP contribution in [0.5, 0.6) is 0 Å². The lowest BCUT2D eigenvalue weighted by molar-refractivity contribution is 0.660. The Morgan fingerprint density at radius 2 is 1.07 bits per heavy atom. The summed E-state index contributed by atoms with van der Waals surface area (Å²) in [6.07, 6.45) is 13.5. The minimum absolute atomic E-state index is 0.130. The minimum atomic E-state index is -0.130. The summed E-state index contributed by atoms with van der Waals surface area (Å²) in [4.78, 5) is 2.35. The molecule has 2 aliphatic carbocycles. The molecule has 2 heteroatoms. The third-order valence-corrected chi connectivity index (χ3v) is 12.0. The van der Waals surface area contributed by atoms with Crippen LogP contribution < -0.4 is 21.3 Å². The van der Waals surface area contributed by atoms with Gasteiger partial charge in [0.05, 0.1) is 0 Å². The van der Waals surface area contributed by atoms with E-state index in [4.69, 9.17) is 0 Å². The average molecular weight is 714 g/mol. The summed E-state index contributed by atoms with van der Waals surface area (Å²) in [7, 11) is 0. The van der Waals surface area contributed by atoms with Crippen LogP contribution in [0.1, 0.15) is 82.3 Å². The summed E-state index contributed by atoms with van der Waals surface area (Å²) in [6, 6.07) is 43.4. The van der Waals surface area contributed by atoms with Crippen molar-refractivity contribution in [2.75, 3.05) is 4.90 Å². The summed E-state index contributed by atoms with van der Waals surface area (Å²) >= 11 is 0. The van der Waals surface area contributed by atoms with Gasteiger partial charge >= 0.3 is 0 Å². The predicted molar refractivity (Wildman–Crippen MR) is 240 cm³/mol. The van der Waals surface area contributed by atoms with Gasteiger partial charge in [-0.3, -0.25) is 0 Å². The Kier molecular flexibility index (Phi) is 9.64. The molecule has 0 amide bonds. The van der Waals surface area contributed by atoms with Gasteiger partial charge in [0.25, 0.3) is 0 Å². The van der Waals surface area contributed by atoms with Crippen molar-refractivity contribution < 1.29 is 0 Å². The Labute approximate surface area is 329 Å². The van der Waals surface area contributed by atoms with E-state index in [1.807, 2.05) is 0 Å². The first-order valence-corrected chi connectivity index (χ1v) is 19.9. The Hall–Kier alpha value is -5.60. The molecule has 6 aromatic rings. The third kappa shape index (κ3) is 6.84. The monoisotopic (exact) mass is 713 g/mol. The number of para-hydroxylation sites is 1. The molecule has 0 unspecified atom stereocenters. The lowest BCUT2D eigenvalue weighted by atomic mass is 9.34. The summed E-state index contributed by atoms with van der Waals surface area (Å²) in [5, 5.41) is 0. The highest BCUT2D eigenvalue weighted by Crippen LogP contribution is 2.48. The second-order valence-corrected chi connectivity index (χ2v) is 16.5. The van der Waals surface area contributed by atoms with Gasteiger partial charge in [0.1, 0.15) is 0 Å². The fraction of sp³-hybridized carbons (Fsp3) is 0.208. The molecule has 1 nitrogen and oxygen atoms in total. The summed E-state index contributed by atoms with van der Waals surface area (Å²) in [5.41, 5.74) is 23.7. The van der Waals surface area contributed by atoms with Gasteiger partial charge in [-0.25, -0.2) is 0 Å². The van der Waals surface area contributed by atoms with Gasteiger partial charge in [-0.2, -0.15) is 0 Å². The van der Waals surface area contributed by atoms with E-state index in [1.54, 1.807) is 0 Å². The summed E-state index contributed by atoms with van der Waals surface area (Å²) in [6.45, 7) is 18.6.